The number of carbonyl (C=O) groups is 2. The maximum absolute atomic E-state index is 12.1. The summed E-state index contributed by atoms with van der Waals surface area (Å²) in [4.78, 5) is 23.5. The molecule has 0 fully saturated rings. The number of sulfonamides is 1. The molecule has 0 saturated carbocycles. The normalized spacial score (nSPS) is 12.6. The van der Waals surface area contributed by atoms with Gasteiger partial charge < -0.3 is 10.4 Å². The Labute approximate surface area is 149 Å². The number of carbonyl (C=O) groups excluding carboxylic acids is 1. The van der Waals surface area contributed by atoms with E-state index in [1.807, 2.05) is 31.2 Å². The highest BCUT2D eigenvalue weighted by Crippen LogP contribution is 2.19. The number of amides is 1. The van der Waals surface area contributed by atoms with Gasteiger partial charge in [0.25, 0.3) is 5.91 Å². The fourth-order valence-electron chi connectivity index (χ4n) is 2.27. The summed E-state index contributed by atoms with van der Waals surface area (Å²) >= 11 is 0.839. The van der Waals surface area contributed by atoms with Crippen molar-refractivity contribution in [3.05, 3.63) is 52.4 Å². The van der Waals surface area contributed by atoms with E-state index >= 15 is 0 Å². The summed E-state index contributed by atoms with van der Waals surface area (Å²) in [5, 5.41) is 18.3. The van der Waals surface area contributed by atoms with Gasteiger partial charge in [-0.3, -0.25) is 9.59 Å². The van der Waals surface area contributed by atoms with Crippen LogP contribution in [0.25, 0.3) is 0 Å². The molecule has 0 aliphatic heterocycles. The van der Waals surface area contributed by atoms with E-state index in [1.165, 1.54) is 11.4 Å². The molecule has 1 aromatic carbocycles. The fraction of sp³-hybridized carbons (Fsp3) is 0.250. The largest absolute Gasteiger partial charge is 0.481 e. The molecule has 0 spiro atoms. The summed E-state index contributed by atoms with van der Waals surface area (Å²) in [6, 6.07) is 8.67. The predicted molar refractivity (Wildman–Crippen MR) is 94.0 cm³/mol. The van der Waals surface area contributed by atoms with Gasteiger partial charge in [0, 0.05) is 11.9 Å². The smallest absolute Gasteiger partial charge is 0.308 e. The molecule has 1 atom stereocenters. The number of aliphatic carboxylic acids is 1. The van der Waals surface area contributed by atoms with Gasteiger partial charge in [-0.1, -0.05) is 29.8 Å². The lowest BCUT2D eigenvalue weighted by Gasteiger charge is -2.13. The van der Waals surface area contributed by atoms with Crippen LogP contribution >= 0.6 is 11.3 Å². The molecule has 1 heterocycles. The van der Waals surface area contributed by atoms with Crippen molar-refractivity contribution >= 4 is 33.2 Å². The van der Waals surface area contributed by atoms with Crippen molar-refractivity contribution in [2.24, 2.45) is 11.1 Å². The fourth-order valence-corrected chi connectivity index (χ4v) is 3.86. The van der Waals surface area contributed by atoms with Crippen LogP contribution in [0, 0.1) is 12.8 Å². The Morgan fingerprint density at radius 2 is 2.04 bits per heavy atom. The molecular weight excluding hydrogens is 364 g/mol. The van der Waals surface area contributed by atoms with Crippen molar-refractivity contribution in [2.45, 2.75) is 17.6 Å². The van der Waals surface area contributed by atoms with Crippen LogP contribution in [0.3, 0.4) is 0 Å². The lowest BCUT2D eigenvalue weighted by molar-refractivity contribution is -0.141. The zero-order valence-electron chi connectivity index (χ0n) is 13.4. The van der Waals surface area contributed by atoms with Gasteiger partial charge in [0.1, 0.15) is 4.21 Å². The second-order valence-electron chi connectivity index (χ2n) is 5.64. The van der Waals surface area contributed by atoms with Gasteiger partial charge in [-0.25, -0.2) is 13.6 Å². The van der Waals surface area contributed by atoms with Gasteiger partial charge in [0.15, 0.2) is 0 Å². The van der Waals surface area contributed by atoms with E-state index in [0.717, 1.165) is 22.5 Å². The molecule has 1 aromatic heterocycles. The average molecular weight is 382 g/mol. The first-order chi connectivity index (χ1) is 11.7. The minimum Gasteiger partial charge on any atom is -0.481 e. The highest BCUT2D eigenvalue weighted by Gasteiger charge is 2.21. The average Bonchev–Trinajstić information content (AvgIpc) is 3.01. The Bertz CT molecular complexity index is 889. The summed E-state index contributed by atoms with van der Waals surface area (Å²) in [6.07, 6.45) is 0.281. The zero-order valence-corrected chi connectivity index (χ0v) is 15.1. The summed E-state index contributed by atoms with van der Waals surface area (Å²) in [7, 11) is -3.86. The molecule has 4 N–H and O–H groups in total. The van der Waals surface area contributed by atoms with Gasteiger partial charge >= 0.3 is 5.97 Å². The van der Waals surface area contributed by atoms with E-state index in [2.05, 4.69) is 5.32 Å². The number of thiophene rings is 1. The number of carboxylic acids is 1. The van der Waals surface area contributed by atoms with E-state index in [9.17, 15) is 23.1 Å². The highest BCUT2D eigenvalue weighted by molar-refractivity contribution is 7.91. The molecular formula is C16H18N2O5S2. The Balaban J connectivity index is 2.02. The number of nitrogens with two attached hydrogens (primary N) is 1. The van der Waals surface area contributed by atoms with E-state index < -0.39 is 27.8 Å². The molecule has 0 radical (unpaired) electrons. The van der Waals surface area contributed by atoms with Crippen molar-refractivity contribution in [1.82, 2.24) is 5.32 Å². The van der Waals surface area contributed by atoms with Crippen molar-refractivity contribution < 1.29 is 23.1 Å². The lowest BCUT2D eigenvalue weighted by atomic mass is 9.98. The van der Waals surface area contributed by atoms with E-state index in [4.69, 9.17) is 5.14 Å². The van der Waals surface area contributed by atoms with E-state index in [0.29, 0.717) is 0 Å². The third-order valence-corrected chi connectivity index (χ3v) is 5.93. The quantitative estimate of drug-likeness (QED) is 0.667. The van der Waals surface area contributed by atoms with Crippen LogP contribution in [0.2, 0.25) is 0 Å². The van der Waals surface area contributed by atoms with Crippen LogP contribution in [0.1, 0.15) is 21.5 Å². The van der Waals surface area contributed by atoms with E-state index in [-0.39, 0.29) is 22.7 Å². The van der Waals surface area contributed by atoms with Crippen molar-refractivity contribution in [2.75, 3.05) is 6.54 Å². The maximum Gasteiger partial charge on any atom is 0.308 e. The van der Waals surface area contributed by atoms with Gasteiger partial charge in [-0.15, -0.1) is 11.3 Å². The second-order valence-corrected chi connectivity index (χ2v) is 8.34. The number of primary sulfonamides is 1. The number of aryl methyl sites for hydroxylation is 1. The second kappa shape index (κ2) is 7.77. The number of benzene rings is 1. The molecule has 134 valence electrons. The Kier molecular flexibility index (Phi) is 5.93. The van der Waals surface area contributed by atoms with Gasteiger partial charge in [0.05, 0.1) is 11.5 Å². The molecule has 2 aromatic rings. The molecule has 9 heteroatoms. The first-order valence-electron chi connectivity index (χ1n) is 7.34. The number of hydrogen-bond acceptors (Lipinski definition) is 5. The lowest BCUT2D eigenvalue weighted by Crippen LogP contribution is -2.34. The molecule has 2 rings (SSSR count). The predicted octanol–water partition coefficient (Wildman–Crippen LogP) is 1.38. The summed E-state index contributed by atoms with van der Waals surface area (Å²) in [6.45, 7) is 1.85. The van der Waals surface area contributed by atoms with Crippen LogP contribution in [0.4, 0.5) is 0 Å². The topological polar surface area (TPSA) is 127 Å². The highest BCUT2D eigenvalue weighted by atomic mass is 32.2. The Morgan fingerprint density at radius 3 is 2.60 bits per heavy atom. The Hall–Kier alpha value is -2.23. The molecule has 7 nitrogen and oxygen atoms in total. The summed E-state index contributed by atoms with van der Waals surface area (Å²) in [5.74, 6) is -2.35. The minimum atomic E-state index is -3.86. The zero-order chi connectivity index (χ0) is 18.6. The summed E-state index contributed by atoms with van der Waals surface area (Å²) < 4.78 is 22.3. The minimum absolute atomic E-state index is 0.0668. The molecule has 0 bridgehead atoms. The van der Waals surface area contributed by atoms with Crippen molar-refractivity contribution in [3.8, 4) is 0 Å². The van der Waals surface area contributed by atoms with Gasteiger partial charge in [0.2, 0.25) is 10.0 Å². The Morgan fingerprint density at radius 1 is 1.32 bits per heavy atom. The van der Waals surface area contributed by atoms with Gasteiger partial charge in [-0.05, 0) is 25.0 Å². The van der Waals surface area contributed by atoms with Crippen LogP contribution in [0.5, 0.6) is 0 Å². The maximum atomic E-state index is 12.1. The van der Waals surface area contributed by atoms with E-state index in [1.54, 1.807) is 0 Å². The molecule has 1 amide bonds. The third kappa shape index (κ3) is 5.38. The monoisotopic (exact) mass is 382 g/mol. The number of hydrogen-bond donors (Lipinski definition) is 3. The standard InChI is InChI=1S/C16H18N2O5S2/c1-10-3-2-4-11(5-10)6-12(16(20)21)8-18-15(19)13-7-14(24-9-13)25(17,22)23/h2-5,7,9,12H,6,8H2,1H3,(H,18,19)(H,20,21)(H2,17,22,23). The first-order valence-corrected chi connectivity index (χ1v) is 9.77. The first kappa shape index (κ1) is 19.1. The van der Waals surface area contributed by atoms with Crippen LogP contribution < -0.4 is 10.5 Å². The number of carboxylic acid groups (broad SMARTS) is 1. The summed E-state index contributed by atoms with van der Waals surface area (Å²) in [5.41, 5.74) is 2.03. The SMILES string of the molecule is Cc1cccc(CC(CNC(=O)c2csc(S(N)(=O)=O)c2)C(=O)O)c1. The molecule has 25 heavy (non-hydrogen) atoms. The molecule has 0 aliphatic rings. The van der Waals surface area contributed by atoms with Crippen LogP contribution in [0.15, 0.2) is 39.9 Å². The molecule has 1 unspecified atom stereocenters. The number of rotatable bonds is 7. The van der Waals surface area contributed by atoms with Crippen molar-refractivity contribution in [3.63, 3.8) is 0 Å². The van der Waals surface area contributed by atoms with Gasteiger partial charge in [-0.2, -0.15) is 0 Å². The van der Waals surface area contributed by atoms with Crippen LogP contribution in [-0.2, 0) is 21.2 Å². The molecule has 0 aliphatic carbocycles. The third-order valence-electron chi connectivity index (χ3n) is 3.54. The van der Waals surface area contributed by atoms with Crippen molar-refractivity contribution in [1.29, 1.82) is 0 Å². The number of nitrogens with one attached hydrogen (secondary N) is 1. The molecule has 0 saturated heterocycles. The van der Waals surface area contributed by atoms with Crippen LogP contribution in [-0.4, -0.2) is 31.9 Å².